The van der Waals surface area contributed by atoms with E-state index >= 15 is 0 Å². The number of furan rings is 1. The van der Waals surface area contributed by atoms with E-state index in [-0.39, 0.29) is 28.2 Å². The summed E-state index contributed by atoms with van der Waals surface area (Å²) in [5.74, 6) is 2.94. The molecule has 0 saturated carbocycles. The molecular weight excluding hydrogens is 430 g/mol. The van der Waals surface area contributed by atoms with Gasteiger partial charge in [0.2, 0.25) is 5.91 Å². The average molecular weight is 460 g/mol. The maximum atomic E-state index is 12.9. The summed E-state index contributed by atoms with van der Waals surface area (Å²) in [5.41, 5.74) is 2.06. The first-order chi connectivity index (χ1) is 14.5. The lowest BCUT2D eigenvalue weighted by Gasteiger charge is -2.35. The normalized spacial score (nSPS) is 18.7. The van der Waals surface area contributed by atoms with Crippen LogP contribution < -0.4 is 10.9 Å². The minimum atomic E-state index is -0.269. The SMILES string of the molecule is Cc1cc2c(o1)CC(C)(C)CC2NC(=O)C(C)SCc1nc2sc(C)c(C)c2c(=O)[nH]1. The Hall–Kier alpha value is -2.06. The zero-order valence-corrected chi connectivity index (χ0v) is 20.5. The third-order valence-corrected chi connectivity index (χ3v) is 8.24. The minimum absolute atomic E-state index is 0.0104. The van der Waals surface area contributed by atoms with Gasteiger partial charge in [-0.1, -0.05) is 13.8 Å². The van der Waals surface area contributed by atoms with E-state index in [4.69, 9.17) is 4.42 Å². The van der Waals surface area contributed by atoms with E-state index < -0.39 is 0 Å². The fourth-order valence-electron chi connectivity index (χ4n) is 4.25. The van der Waals surface area contributed by atoms with Gasteiger partial charge in [-0.15, -0.1) is 23.1 Å². The Morgan fingerprint density at radius 3 is 2.90 bits per heavy atom. The molecule has 1 aliphatic rings. The van der Waals surface area contributed by atoms with Crippen LogP contribution in [0.2, 0.25) is 0 Å². The van der Waals surface area contributed by atoms with E-state index in [9.17, 15) is 9.59 Å². The number of carbonyl (C=O) groups excluding carboxylic acids is 1. The summed E-state index contributed by atoms with van der Waals surface area (Å²) in [6, 6.07) is 2.00. The molecule has 1 amide bonds. The number of nitrogens with zero attached hydrogens (tertiary/aromatic N) is 1. The smallest absolute Gasteiger partial charge is 0.259 e. The van der Waals surface area contributed by atoms with Crippen molar-refractivity contribution in [3.8, 4) is 0 Å². The van der Waals surface area contributed by atoms with E-state index in [0.717, 1.165) is 45.2 Å². The van der Waals surface area contributed by atoms with Gasteiger partial charge >= 0.3 is 0 Å². The van der Waals surface area contributed by atoms with Crippen LogP contribution >= 0.6 is 23.1 Å². The van der Waals surface area contributed by atoms with Gasteiger partial charge in [-0.3, -0.25) is 9.59 Å². The van der Waals surface area contributed by atoms with Crippen LogP contribution in [0.15, 0.2) is 15.3 Å². The van der Waals surface area contributed by atoms with Crippen molar-refractivity contribution in [2.24, 2.45) is 5.41 Å². The number of thioether (sulfide) groups is 1. The van der Waals surface area contributed by atoms with E-state index in [1.807, 2.05) is 33.8 Å². The summed E-state index contributed by atoms with van der Waals surface area (Å²) >= 11 is 3.01. The van der Waals surface area contributed by atoms with Crippen molar-refractivity contribution < 1.29 is 9.21 Å². The predicted molar refractivity (Wildman–Crippen MR) is 127 cm³/mol. The van der Waals surface area contributed by atoms with Crippen molar-refractivity contribution in [3.63, 3.8) is 0 Å². The second-order valence-electron chi connectivity index (χ2n) is 9.27. The number of aryl methyl sites for hydroxylation is 3. The van der Waals surface area contributed by atoms with Crippen molar-refractivity contribution in [3.05, 3.63) is 49.8 Å². The van der Waals surface area contributed by atoms with Crippen LogP contribution in [0.4, 0.5) is 0 Å². The quantitative estimate of drug-likeness (QED) is 0.563. The average Bonchev–Trinajstić information content (AvgIpc) is 3.17. The summed E-state index contributed by atoms with van der Waals surface area (Å²) in [7, 11) is 0. The number of carbonyl (C=O) groups is 1. The van der Waals surface area contributed by atoms with Crippen molar-refractivity contribution in [1.82, 2.24) is 15.3 Å². The zero-order valence-electron chi connectivity index (χ0n) is 18.8. The van der Waals surface area contributed by atoms with E-state index in [1.54, 1.807) is 0 Å². The highest BCUT2D eigenvalue weighted by Gasteiger charge is 2.36. The Labute approximate surface area is 190 Å². The largest absolute Gasteiger partial charge is 0.466 e. The molecule has 4 rings (SSSR count). The first-order valence-corrected chi connectivity index (χ1v) is 12.4. The summed E-state index contributed by atoms with van der Waals surface area (Å²) in [6.07, 6.45) is 1.76. The van der Waals surface area contributed by atoms with Gasteiger partial charge in [0.05, 0.1) is 22.4 Å². The number of aromatic nitrogens is 2. The summed E-state index contributed by atoms with van der Waals surface area (Å²) in [4.78, 5) is 34.8. The minimum Gasteiger partial charge on any atom is -0.466 e. The predicted octanol–water partition coefficient (Wildman–Crippen LogP) is 4.95. The number of hydrogen-bond acceptors (Lipinski definition) is 6. The molecule has 0 fully saturated rings. The molecule has 2 N–H and O–H groups in total. The maximum absolute atomic E-state index is 12.9. The van der Waals surface area contributed by atoms with Crippen molar-refractivity contribution in [2.75, 3.05) is 0 Å². The topological polar surface area (TPSA) is 88.0 Å². The molecule has 2 atom stereocenters. The Bertz CT molecular complexity index is 1200. The van der Waals surface area contributed by atoms with Gasteiger partial charge in [-0.25, -0.2) is 4.98 Å². The first kappa shape index (κ1) is 22.1. The number of rotatable bonds is 5. The monoisotopic (exact) mass is 459 g/mol. The van der Waals surface area contributed by atoms with Crippen LogP contribution in [0, 0.1) is 26.2 Å². The number of hydrogen-bond donors (Lipinski definition) is 2. The molecule has 3 aromatic heterocycles. The molecule has 0 radical (unpaired) electrons. The number of fused-ring (bicyclic) bond motifs is 2. The van der Waals surface area contributed by atoms with E-state index in [0.29, 0.717) is 17.0 Å². The highest BCUT2D eigenvalue weighted by molar-refractivity contribution is 7.99. The molecule has 3 aromatic rings. The molecule has 2 unspecified atom stereocenters. The van der Waals surface area contributed by atoms with Gasteiger partial charge in [-0.05, 0) is 51.2 Å². The maximum Gasteiger partial charge on any atom is 0.259 e. The van der Waals surface area contributed by atoms with Crippen molar-refractivity contribution in [1.29, 1.82) is 0 Å². The molecule has 166 valence electrons. The zero-order chi connectivity index (χ0) is 22.5. The summed E-state index contributed by atoms with van der Waals surface area (Å²) < 4.78 is 5.88. The molecule has 0 aliphatic heterocycles. The number of thiophene rings is 1. The fraction of sp³-hybridized carbons (Fsp3) is 0.522. The summed E-state index contributed by atoms with van der Waals surface area (Å²) in [5, 5.41) is 3.63. The van der Waals surface area contributed by atoms with Crippen LogP contribution in [-0.2, 0) is 17.0 Å². The lowest BCUT2D eigenvalue weighted by Crippen LogP contribution is -2.39. The van der Waals surface area contributed by atoms with Gasteiger partial charge in [0.15, 0.2) is 0 Å². The Morgan fingerprint density at radius 2 is 2.16 bits per heavy atom. The van der Waals surface area contributed by atoms with Gasteiger partial charge in [-0.2, -0.15) is 0 Å². The number of H-pyrrole nitrogens is 1. The fourth-order valence-corrected chi connectivity index (χ4v) is 6.06. The third-order valence-electron chi connectivity index (χ3n) is 5.98. The molecular formula is C23H29N3O3S2. The van der Waals surface area contributed by atoms with Gasteiger partial charge < -0.3 is 14.7 Å². The van der Waals surface area contributed by atoms with Crippen LogP contribution in [0.5, 0.6) is 0 Å². The molecule has 1 aliphatic carbocycles. The van der Waals surface area contributed by atoms with Crippen LogP contribution in [0.25, 0.3) is 10.2 Å². The lowest BCUT2D eigenvalue weighted by atomic mass is 9.74. The number of aromatic amines is 1. The molecule has 31 heavy (non-hydrogen) atoms. The lowest BCUT2D eigenvalue weighted by molar-refractivity contribution is -0.121. The molecule has 3 heterocycles. The summed E-state index contributed by atoms with van der Waals surface area (Å²) in [6.45, 7) is 12.2. The molecule has 0 spiro atoms. The molecule has 0 bridgehead atoms. The highest BCUT2D eigenvalue weighted by Crippen LogP contribution is 2.42. The Morgan fingerprint density at radius 1 is 1.42 bits per heavy atom. The van der Waals surface area contributed by atoms with Gasteiger partial charge in [0, 0.05) is 16.9 Å². The van der Waals surface area contributed by atoms with Crippen LogP contribution in [-0.4, -0.2) is 21.1 Å². The van der Waals surface area contributed by atoms with E-state index in [1.165, 1.54) is 23.1 Å². The van der Waals surface area contributed by atoms with Crippen LogP contribution in [0.1, 0.15) is 66.6 Å². The molecule has 0 saturated heterocycles. The Kier molecular flexibility index (Phi) is 5.81. The third kappa shape index (κ3) is 4.46. The van der Waals surface area contributed by atoms with E-state index in [2.05, 4.69) is 29.1 Å². The molecule has 8 heteroatoms. The van der Waals surface area contributed by atoms with Crippen LogP contribution in [0.3, 0.4) is 0 Å². The molecule has 6 nitrogen and oxygen atoms in total. The van der Waals surface area contributed by atoms with Crippen molar-refractivity contribution in [2.45, 2.75) is 71.4 Å². The van der Waals surface area contributed by atoms with Gasteiger partial charge in [0.1, 0.15) is 22.2 Å². The Balaban J connectivity index is 1.44. The second kappa shape index (κ2) is 8.13. The van der Waals surface area contributed by atoms with Gasteiger partial charge in [0.25, 0.3) is 5.56 Å². The van der Waals surface area contributed by atoms with Crippen molar-refractivity contribution >= 4 is 39.2 Å². The highest BCUT2D eigenvalue weighted by atomic mass is 32.2. The molecule has 0 aromatic carbocycles. The second-order valence-corrected chi connectivity index (χ2v) is 11.8. The standard InChI is InChI=1S/C23H29N3O3S2/c1-11-7-15-16(8-23(5,6)9-17(15)29-11)24-20(27)14(4)30-10-18-25-21(28)19-12(2)13(3)31-22(19)26-18/h7,14,16H,8-10H2,1-6H3,(H,24,27)(H,25,26,28). The number of nitrogens with one attached hydrogen (secondary N) is 2. The first-order valence-electron chi connectivity index (χ1n) is 10.5. The number of amides is 1.